The second-order valence-electron chi connectivity index (χ2n) is 6.14. The predicted octanol–water partition coefficient (Wildman–Crippen LogP) is 4.48. The number of likely N-dealkylation sites (N-methyl/N-ethyl adjacent to an activating group) is 1. The summed E-state index contributed by atoms with van der Waals surface area (Å²) in [5, 5.41) is 0. The van der Waals surface area contributed by atoms with E-state index in [4.69, 9.17) is 4.74 Å². The van der Waals surface area contributed by atoms with Crippen molar-refractivity contribution in [2.75, 3.05) is 27.3 Å². The standard InChI is InChI=1S/C16H35NO/c1-6-7-8-9-10-11-12-13-14-17(4)16(2,3)15-18-5/h6-15H2,1-5H3. The van der Waals surface area contributed by atoms with E-state index in [0.29, 0.717) is 0 Å². The Balaban J connectivity index is 3.42. The van der Waals surface area contributed by atoms with Crippen LogP contribution in [0.4, 0.5) is 0 Å². The second-order valence-corrected chi connectivity index (χ2v) is 6.14. The fourth-order valence-corrected chi connectivity index (χ4v) is 2.25. The van der Waals surface area contributed by atoms with Crippen molar-refractivity contribution in [2.45, 2.75) is 77.7 Å². The van der Waals surface area contributed by atoms with Gasteiger partial charge in [-0.1, -0.05) is 51.9 Å². The zero-order valence-electron chi connectivity index (χ0n) is 13.4. The van der Waals surface area contributed by atoms with Crippen LogP contribution in [0.2, 0.25) is 0 Å². The summed E-state index contributed by atoms with van der Waals surface area (Å²) >= 11 is 0. The van der Waals surface area contributed by atoms with Crippen molar-refractivity contribution in [1.29, 1.82) is 0 Å². The van der Waals surface area contributed by atoms with Crippen LogP contribution in [-0.4, -0.2) is 37.7 Å². The van der Waals surface area contributed by atoms with Crippen molar-refractivity contribution >= 4 is 0 Å². The summed E-state index contributed by atoms with van der Waals surface area (Å²) in [4.78, 5) is 2.42. The number of hydrogen-bond acceptors (Lipinski definition) is 2. The van der Waals surface area contributed by atoms with Gasteiger partial charge in [0.25, 0.3) is 0 Å². The van der Waals surface area contributed by atoms with Gasteiger partial charge >= 0.3 is 0 Å². The molecule has 0 amide bonds. The van der Waals surface area contributed by atoms with E-state index in [9.17, 15) is 0 Å². The molecule has 0 radical (unpaired) electrons. The molecule has 0 aromatic heterocycles. The number of ether oxygens (including phenoxy) is 1. The van der Waals surface area contributed by atoms with E-state index in [2.05, 4.69) is 32.7 Å². The lowest BCUT2D eigenvalue weighted by Gasteiger charge is -2.35. The number of unbranched alkanes of at least 4 members (excludes halogenated alkanes) is 7. The summed E-state index contributed by atoms with van der Waals surface area (Å²) in [6.07, 6.45) is 11.1. The molecular weight excluding hydrogens is 222 g/mol. The first-order valence-electron chi connectivity index (χ1n) is 7.74. The summed E-state index contributed by atoms with van der Waals surface area (Å²) in [6.45, 7) is 8.77. The van der Waals surface area contributed by atoms with Crippen molar-refractivity contribution in [2.24, 2.45) is 0 Å². The number of methoxy groups -OCH3 is 1. The highest BCUT2D eigenvalue weighted by molar-refractivity contribution is 4.78. The van der Waals surface area contributed by atoms with Gasteiger partial charge in [0.15, 0.2) is 0 Å². The Kier molecular flexibility index (Phi) is 10.8. The minimum atomic E-state index is 0.163. The second kappa shape index (κ2) is 10.8. The first kappa shape index (κ1) is 17.9. The third kappa shape index (κ3) is 8.93. The van der Waals surface area contributed by atoms with Crippen molar-refractivity contribution in [1.82, 2.24) is 4.90 Å². The lowest BCUT2D eigenvalue weighted by molar-refractivity contribution is 0.0495. The molecule has 0 bridgehead atoms. The SMILES string of the molecule is CCCCCCCCCCN(C)C(C)(C)COC. The zero-order valence-corrected chi connectivity index (χ0v) is 13.4. The molecule has 0 rings (SSSR count). The molecule has 0 N–H and O–H groups in total. The molecule has 0 unspecified atom stereocenters. The zero-order chi connectivity index (χ0) is 13.9. The lowest BCUT2D eigenvalue weighted by Crippen LogP contribution is -2.45. The highest BCUT2D eigenvalue weighted by atomic mass is 16.5. The van der Waals surface area contributed by atoms with Gasteiger partial charge in [-0.3, -0.25) is 4.90 Å². The van der Waals surface area contributed by atoms with Gasteiger partial charge in [-0.2, -0.15) is 0 Å². The van der Waals surface area contributed by atoms with Crippen LogP contribution in [0.1, 0.15) is 72.1 Å². The summed E-state index contributed by atoms with van der Waals surface area (Å²) in [7, 11) is 3.99. The molecule has 0 atom stereocenters. The Bertz CT molecular complexity index is 180. The third-order valence-electron chi connectivity index (χ3n) is 3.88. The van der Waals surface area contributed by atoms with Gasteiger partial charge in [0, 0.05) is 12.6 Å². The molecule has 2 heteroatoms. The minimum absolute atomic E-state index is 0.163. The molecule has 0 aliphatic rings. The molecule has 0 aromatic rings. The van der Waals surface area contributed by atoms with Crippen LogP contribution >= 0.6 is 0 Å². The van der Waals surface area contributed by atoms with Crippen molar-refractivity contribution in [3.05, 3.63) is 0 Å². The molecule has 0 heterocycles. The molecule has 110 valence electrons. The molecule has 0 saturated heterocycles. The minimum Gasteiger partial charge on any atom is -0.383 e. The monoisotopic (exact) mass is 257 g/mol. The van der Waals surface area contributed by atoms with Gasteiger partial charge < -0.3 is 4.74 Å². The Hall–Kier alpha value is -0.0800. The lowest BCUT2D eigenvalue weighted by atomic mass is 10.0. The maximum atomic E-state index is 5.27. The van der Waals surface area contributed by atoms with Crippen LogP contribution in [0.5, 0.6) is 0 Å². The van der Waals surface area contributed by atoms with Gasteiger partial charge in [0.2, 0.25) is 0 Å². The maximum Gasteiger partial charge on any atom is 0.0641 e. The fraction of sp³-hybridized carbons (Fsp3) is 1.00. The third-order valence-corrected chi connectivity index (χ3v) is 3.88. The maximum absolute atomic E-state index is 5.27. The Morgan fingerprint density at radius 3 is 1.89 bits per heavy atom. The molecule has 0 aliphatic heterocycles. The highest BCUT2D eigenvalue weighted by Gasteiger charge is 2.22. The molecular formula is C16H35NO. The summed E-state index contributed by atoms with van der Waals surface area (Å²) in [6, 6.07) is 0. The molecule has 0 saturated carbocycles. The van der Waals surface area contributed by atoms with Gasteiger partial charge in [0.1, 0.15) is 0 Å². The number of nitrogens with zero attached hydrogens (tertiary/aromatic N) is 1. The van der Waals surface area contributed by atoms with Crippen LogP contribution < -0.4 is 0 Å². The Morgan fingerprint density at radius 1 is 0.889 bits per heavy atom. The normalized spacial score (nSPS) is 12.3. The van der Waals surface area contributed by atoms with Crippen LogP contribution in [0.15, 0.2) is 0 Å². The number of hydrogen-bond donors (Lipinski definition) is 0. The fourth-order valence-electron chi connectivity index (χ4n) is 2.25. The molecule has 0 aliphatic carbocycles. The summed E-state index contributed by atoms with van der Waals surface area (Å²) in [5.41, 5.74) is 0.163. The van der Waals surface area contributed by atoms with Gasteiger partial charge in [-0.05, 0) is 33.9 Å². The van der Waals surface area contributed by atoms with Crippen molar-refractivity contribution in [3.63, 3.8) is 0 Å². The van der Waals surface area contributed by atoms with Crippen LogP contribution in [0.25, 0.3) is 0 Å². The van der Waals surface area contributed by atoms with Crippen LogP contribution in [0.3, 0.4) is 0 Å². The predicted molar refractivity (Wildman–Crippen MR) is 81.2 cm³/mol. The smallest absolute Gasteiger partial charge is 0.0641 e. The van der Waals surface area contributed by atoms with Crippen LogP contribution in [0, 0.1) is 0 Å². The Labute approximate surface area is 115 Å². The van der Waals surface area contributed by atoms with E-state index in [1.54, 1.807) is 7.11 Å². The quantitative estimate of drug-likeness (QED) is 0.478. The number of rotatable bonds is 12. The molecule has 0 spiro atoms. The van der Waals surface area contributed by atoms with E-state index in [-0.39, 0.29) is 5.54 Å². The molecule has 18 heavy (non-hydrogen) atoms. The van der Waals surface area contributed by atoms with Crippen LogP contribution in [-0.2, 0) is 4.74 Å². The van der Waals surface area contributed by atoms with Gasteiger partial charge in [0.05, 0.1) is 6.61 Å². The average molecular weight is 257 g/mol. The highest BCUT2D eigenvalue weighted by Crippen LogP contribution is 2.14. The molecule has 0 aromatic carbocycles. The summed E-state index contributed by atoms with van der Waals surface area (Å²) < 4.78 is 5.27. The summed E-state index contributed by atoms with van der Waals surface area (Å²) in [5.74, 6) is 0. The molecule has 0 fully saturated rings. The van der Waals surface area contributed by atoms with E-state index in [1.807, 2.05) is 0 Å². The van der Waals surface area contributed by atoms with Gasteiger partial charge in [-0.25, -0.2) is 0 Å². The van der Waals surface area contributed by atoms with E-state index < -0.39 is 0 Å². The van der Waals surface area contributed by atoms with E-state index >= 15 is 0 Å². The van der Waals surface area contributed by atoms with Crippen molar-refractivity contribution in [3.8, 4) is 0 Å². The Morgan fingerprint density at radius 2 is 1.39 bits per heavy atom. The van der Waals surface area contributed by atoms with Gasteiger partial charge in [-0.15, -0.1) is 0 Å². The topological polar surface area (TPSA) is 12.5 Å². The average Bonchev–Trinajstić information content (AvgIpc) is 2.32. The largest absolute Gasteiger partial charge is 0.383 e. The van der Waals surface area contributed by atoms with E-state index in [0.717, 1.165) is 6.61 Å². The molecule has 2 nitrogen and oxygen atoms in total. The van der Waals surface area contributed by atoms with E-state index in [1.165, 1.54) is 57.9 Å². The first-order chi connectivity index (χ1) is 8.54. The van der Waals surface area contributed by atoms with Crippen molar-refractivity contribution < 1.29 is 4.74 Å². The first-order valence-corrected chi connectivity index (χ1v) is 7.74.